The lowest BCUT2D eigenvalue weighted by Crippen LogP contribution is -1.95. The molecule has 0 aromatic heterocycles. The molecule has 0 bridgehead atoms. The fourth-order valence-electron chi connectivity index (χ4n) is 1.29. The van der Waals surface area contributed by atoms with Gasteiger partial charge in [-0.1, -0.05) is 36.4 Å². The van der Waals surface area contributed by atoms with Gasteiger partial charge in [-0.25, -0.2) is 4.39 Å². The Morgan fingerprint density at radius 1 is 1.38 bits per heavy atom. The highest BCUT2D eigenvalue weighted by molar-refractivity contribution is 6.34. The van der Waals surface area contributed by atoms with Crippen molar-refractivity contribution in [1.82, 2.24) is 0 Å². The molecule has 0 radical (unpaired) electrons. The summed E-state index contributed by atoms with van der Waals surface area (Å²) in [4.78, 5) is 4.17. The van der Waals surface area contributed by atoms with E-state index in [9.17, 15) is 4.39 Å². The lowest BCUT2D eigenvalue weighted by atomic mass is 10.1. The van der Waals surface area contributed by atoms with Gasteiger partial charge in [-0.05, 0) is 26.0 Å². The summed E-state index contributed by atoms with van der Waals surface area (Å²) in [7, 11) is 0. The van der Waals surface area contributed by atoms with Crippen LogP contribution in [0.4, 0.5) is 4.39 Å². The van der Waals surface area contributed by atoms with Crippen LogP contribution in [0.2, 0.25) is 5.02 Å². The third-order valence-electron chi connectivity index (χ3n) is 1.94. The summed E-state index contributed by atoms with van der Waals surface area (Å²) >= 11 is 6.01. The molecule has 1 rings (SSSR count). The molecule has 0 saturated heterocycles. The molecule has 1 aromatic carbocycles. The van der Waals surface area contributed by atoms with Gasteiger partial charge in [0.25, 0.3) is 0 Å². The minimum absolute atomic E-state index is 0.319. The third-order valence-corrected chi connectivity index (χ3v) is 2.27. The minimum Gasteiger partial charge on any atom is -0.254 e. The van der Waals surface area contributed by atoms with Crippen LogP contribution in [0.5, 0.6) is 0 Å². The summed E-state index contributed by atoms with van der Waals surface area (Å²) in [5, 5.41) is 0.623. The van der Waals surface area contributed by atoms with Gasteiger partial charge in [0.1, 0.15) is 0 Å². The second-order valence-corrected chi connectivity index (χ2v) is 3.81. The summed E-state index contributed by atoms with van der Waals surface area (Å²) in [6, 6.07) is 7.37. The van der Waals surface area contributed by atoms with Gasteiger partial charge < -0.3 is 0 Å². The van der Waals surface area contributed by atoms with Crippen LogP contribution < -0.4 is 0 Å². The van der Waals surface area contributed by atoms with Crippen molar-refractivity contribution in [1.29, 1.82) is 0 Å². The molecule has 0 heterocycles. The number of allylic oxidation sites excluding steroid dienone is 2. The Labute approximate surface area is 100.0 Å². The van der Waals surface area contributed by atoms with Crippen molar-refractivity contribution in [2.75, 3.05) is 0 Å². The normalized spacial score (nSPS) is 12.8. The van der Waals surface area contributed by atoms with E-state index in [1.54, 1.807) is 6.07 Å². The first-order valence-corrected chi connectivity index (χ1v) is 5.21. The van der Waals surface area contributed by atoms with Crippen molar-refractivity contribution in [2.24, 2.45) is 4.99 Å². The molecule has 0 N–H and O–H groups in total. The molecule has 0 fully saturated rings. The number of rotatable bonds is 3. The molecule has 0 spiro atoms. The zero-order valence-corrected chi connectivity index (χ0v) is 10.1. The van der Waals surface area contributed by atoms with Gasteiger partial charge in [0.15, 0.2) is 0 Å². The first kappa shape index (κ1) is 12.7. The summed E-state index contributed by atoms with van der Waals surface area (Å²) in [5.74, 6) is -0.319. The highest BCUT2D eigenvalue weighted by Gasteiger charge is 2.02. The van der Waals surface area contributed by atoms with Crippen LogP contribution in [0.25, 0.3) is 0 Å². The first-order chi connectivity index (χ1) is 7.50. The van der Waals surface area contributed by atoms with Crippen LogP contribution >= 0.6 is 11.6 Å². The topological polar surface area (TPSA) is 12.4 Å². The fraction of sp³-hybridized carbons (Fsp3) is 0.154. The molecule has 1 aromatic rings. The Balaban J connectivity index is 2.99. The molecule has 1 nitrogen and oxygen atoms in total. The van der Waals surface area contributed by atoms with Crippen molar-refractivity contribution < 1.29 is 4.39 Å². The Bertz CT molecular complexity index is 457. The van der Waals surface area contributed by atoms with E-state index < -0.39 is 0 Å². The molecular weight excluding hydrogens is 225 g/mol. The number of hydrogen-bond acceptors (Lipinski definition) is 1. The summed E-state index contributed by atoms with van der Waals surface area (Å²) in [5.41, 5.74) is 1.92. The van der Waals surface area contributed by atoms with Gasteiger partial charge in [0, 0.05) is 16.3 Å². The first-order valence-electron chi connectivity index (χ1n) is 4.83. The van der Waals surface area contributed by atoms with Gasteiger partial charge >= 0.3 is 0 Å². The van der Waals surface area contributed by atoms with Crippen molar-refractivity contribution in [3.05, 3.63) is 59.0 Å². The highest BCUT2D eigenvalue weighted by atomic mass is 35.5. The van der Waals surface area contributed by atoms with Crippen molar-refractivity contribution >= 4 is 17.3 Å². The standard InChI is InChI=1S/C13H13ClFN/c1-9(15)8-10(2)16-11(3)12-6-4-5-7-13(12)14/h4-8H,2H2,1,3H3/b9-8+,16-11?. The van der Waals surface area contributed by atoms with E-state index in [0.717, 1.165) is 5.56 Å². The second-order valence-electron chi connectivity index (χ2n) is 3.40. The molecule has 84 valence electrons. The molecule has 0 amide bonds. The quantitative estimate of drug-likeness (QED) is 0.541. The number of hydrogen-bond donors (Lipinski definition) is 0. The maximum atomic E-state index is 12.6. The summed E-state index contributed by atoms with van der Waals surface area (Å²) < 4.78 is 12.6. The van der Waals surface area contributed by atoms with E-state index in [-0.39, 0.29) is 5.83 Å². The average Bonchev–Trinajstić information content (AvgIpc) is 2.16. The molecule has 3 heteroatoms. The average molecular weight is 238 g/mol. The van der Waals surface area contributed by atoms with Gasteiger partial charge in [-0.3, -0.25) is 4.99 Å². The predicted molar refractivity (Wildman–Crippen MR) is 67.7 cm³/mol. The Kier molecular flexibility index (Phi) is 4.44. The van der Waals surface area contributed by atoms with Gasteiger partial charge in [-0.15, -0.1) is 0 Å². The maximum Gasteiger partial charge on any atom is 0.0989 e. The van der Waals surface area contributed by atoms with Crippen molar-refractivity contribution in [3.8, 4) is 0 Å². The number of benzene rings is 1. The smallest absolute Gasteiger partial charge is 0.0989 e. The second kappa shape index (κ2) is 5.61. The van der Waals surface area contributed by atoms with Gasteiger partial charge in [0.2, 0.25) is 0 Å². The molecule has 0 aliphatic carbocycles. The molecule has 0 aliphatic rings. The lowest BCUT2D eigenvalue weighted by molar-refractivity contribution is 0.639. The van der Waals surface area contributed by atoms with Crippen molar-refractivity contribution in [3.63, 3.8) is 0 Å². The molecule has 0 saturated carbocycles. The SMILES string of the molecule is C=C(/C=C(\C)F)N=C(C)c1ccccc1Cl. The molecule has 0 aliphatic heterocycles. The zero-order valence-electron chi connectivity index (χ0n) is 9.30. The fourth-order valence-corrected chi connectivity index (χ4v) is 1.56. The van der Waals surface area contributed by atoms with E-state index in [1.165, 1.54) is 13.0 Å². The van der Waals surface area contributed by atoms with E-state index in [2.05, 4.69) is 11.6 Å². The van der Waals surface area contributed by atoms with Crippen LogP contribution in [-0.4, -0.2) is 5.71 Å². The van der Waals surface area contributed by atoms with E-state index in [4.69, 9.17) is 11.6 Å². The third kappa shape index (κ3) is 3.63. The number of aliphatic imine (C=N–C) groups is 1. The molecular formula is C13H13ClFN. The van der Waals surface area contributed by atoms with Crippen LogP contribution in [0.15, 0.2) is 53.4 Å². The largest absolute Gasteiger partial charge is 0.254 e. The van der Waals surface area contributed by atoms with Crippen LogP contribution in [-0.2, 0) is 0 Å². The van der Waals surface area contributed by atoms with E-state index >= 15 is 0 Å². The highest BCUT2D eigenvalue weighted by Crippen LogP contribution is 2.17. The van der Waals surface area contributed by atoms with Gasteiger partial charge in [-0.2, -0.15) is 0 Å². The zero-order chi connectivity index (χ0) is 12.1. The Morgan fingerprint density at radius 2 is 2.00 bits per heavy atom. The number of nitrogens with zero attached hydrogens (tertiary/aromatic N) is 1. The maximum absolute atomic E-state index is 12.6. The Hall–Kier alpha value is -1.41. The monoisotopic (exact) mass is 237 g/mol. The van der Waals surface area contributed by atoms with E-state index in [0.29, 0.717) is 16.4 Å². The van der Waals surface area contributed by atoms with Crippen LogP contribution in [0, 0.1) is 0 Å². The Morgan fingerprint density at radius 3 is 2.56 bits per heavy atom. The summed E-state index contributed by atoms with van der Waals surface area (Å²) in [6.07, 6.45) is 1.28. The predicted octanol–water partition coefficient (Wildman–Crippen LogP) is 4.54. The molecule has 0 unspecified atom stereocenters. The lowest BCUT2D eigenvalue weighted by Gasteiger charge is -2.03. The van der Waals surface area contributed by atoms with Crippen LogP contribution in [0.3, 0.4) is 0 Å². The molecule has 16 heavy (non-hydrogen) atoms. The molecule has 0 atom stereocenters. The van der Waals surface area contributed by atoms with Crippen molar-refractivity contribution in [2.45, 2.75) is 13.8 Å². The summed E-state index contributed by atoms with van der Waals surface area (Å²) in [6.45, 7) is 6.81. The van der Waals surface area contributed by atoms with Gasteiger partial charge in [0.05, 0.1) is 11.5 Å². The number of halogens is 2. The van der Waals surface area contributed by atoms with E-state index in [1.807, 2.05) is 25.1 Å². The van der Waals surface area contributed by atoms with Crippen LogP contribution in [0.1, 0.15) is 19.4 Å². The minimum atomic E-state index is -0.319.